The summed E-state index contributed by atoms with van der Waals surface area (Å²) in [6, 6.07) is 8.30. The van der Waals surface area contributed by atoms with Gasteiger partial charge in [-0.3, -0.25) is 4.99 Å². The smallest absolute Gasteiger partial charge is 0.0698 e. The van der Waals surface area contributed by atoms with Crippen molar-refractivity contribution in [1.29, 1.82) is 0 Å². The van der Waals surface area contributed by atoms with E-state index in [9.17, 15) is 0 Å². The first-order valence-corrected chi connectivity index (χ1v) is 4.66. The predicted octanol–water partition coefficient (Wildman–Crippen LogP) is 3.50. The van der Waals surface area contributed by atoms with Gasteiger partial charge in [0.15, 0.2) is 0 Å². The van der Waals surface area contributed by atoms with Crippen LogP contribution in [0.2, 0.25) is 0 Å². The number of hydrogen-bond donors (Lipinski definition) is 0. The van der Waals surface area contributed by atoms with Gasteiger partial charge in [0.1, 0.15) is 0 Å². The second kappa shape index (κ2) is 5.18. The number of nitrogens with zero attached hydrogens (tertiary/aromatic N) is 1. The monoisotopic (exact) mass is 185 g/mol. The highest BCUT2D eigenvalue weighted by Crippen LogP contribution is 2.06. The molecule has 0 saturated carbocycles. The maximum absolute atomic E-state index is 4.21. The van der Waals surface area contributed by atoms with Crippen LogP contribution in [-0.2, 0) is 0 Å². The Morgan fingerprint density at radius 3 is 2.43 bits per heavy atom. The summed E-state index contributed by atoms with van der Waals surface area (Å²) in [4.78, 5) is 4.21. The molecule has 0 unspecified atom stereocenters. The highest BCUT2D eigenvalue weighted by molar-refractivity contribution is 6.08. The standard InChI is InChI=1S/C13H15N/c1-4-6-13(14-5-2)12-9-7-11(3)8-10-12/h4-10H,2H2,1,3H3/b6-4-,14-13?. The van der Waals surface area contributed by atoms with Crippen LogP contribution in [0.3, 0.4) is 0 Å². The van der Waals surface area contributed by atoms with Crippen molar-refractivity contribution < 1.29 is 0 Å². The van der Waals surface area contributed by atoms with Crippen LogP contribution in [0.5, 0.6) is 0 Å². The molecule has 0 aromatic heterocycles. The Kier molecular flexibility index (Phi) is 3.86. The largest absolute Gasteiger partial charge is 0.257 e. The van der Waals surface area contributed by atoms with Crippen molar-refractivity contribution in [2.75, 3.05) is 0 Å². The highest BCUT2D eigenvalue weighted by atomic mass is 14.7. The SMILES string of the molecule is C=CN=C(/C=C\C)c1ccc(C)cc1. The van der Waals surface area contributed by atoms with Gasteiger partial charge in [-0.1, -0.05) is 42.5 Å². The van der Waals surface area contributed by atoms with Crippen molar-refractivity contribution >= 4 is 5.71 Å². The minimum absolute atomic E-state index is 0.947. The molecule has 0 aliphatic rings. The Hall–Kier alpha value is -1.63. The third-order valence-corrected chi connectivity index (χ3v) is 1.90. The fourth-order valence-corrected chi connectivity index (χ4v) is 1.19. The lowest BCUT2D eigenvalue weighted by Crippen LogP contribution is -1.95. The Morgan fingerprint density at radius 1 is 1.29 bits per heavy atom. The second-order valence-electron chi connectivity index (χ2n) is 3.06. The first kappa shape index (κ1) is 10.5. The minimum Gasteiger partial charge on any atom is -0.257 e. The molecule has 0 aliphatic carbocycles. The van der Waals surface area contributed by atoms with Gasteiger partial charge in [0.05, 0.1) is 5.71 Å². The van der Waals surface area contributed by atoms with Gasteiger partial charge in [-0.15, -0.1) is 0 Å². The van der Waals surface area contributed by atoms with Gasteiger partial charge in [0.25, 0.3) is 0 Å². The highest BCUT2D eigenvalue weighted by Gasteiger charge is 1.96. The molecule has 1 heteroatoms. The molecule has 0 aliphatic heterocycles. The summed E-state index contributed by atoms with van der Waals surface area (Å²) in [5.41, 5.74) is 3.32. The zero-order valence-corrected chi connectivity index (χ0v) is 8.70. The first-order chi connectivity index (χ1) is 6.77. The average Bonchev–Trinajstić information content (AvgIpc) is 2.19. The molecule has 0 atom stereocenters. The van der Waals surface area contributed by atoms with Crippen LogP contribution in [0.4, 0.5) is 0 Å². The summed E-state index contributed by atoms with van der Waals surface area (Å²) in [5.74, 6) is 0. The van der Waals surface area contributed by atoms with E-state index in [0.29, 0.717) is 0 Å². The number of aliphatic imine (C=N–C) groups is 1. The molecular weight excluding hydrogens is 170 g/mol. The van der Waals surface area contributed by atoms with Crippen LogP contribution in [0.15, 0.2) is 54.2 Å². The Labute approximate surface area is 85.5 Å². The van der Waals surface area contributed by atoms with Crippen LogP contribution in [0, 0.1) is 6.92 Å². The van der Waals surface area contributed by atoms with E-state index in [1.54, 1.807) is 6.20 Å². The molecule has 0 heterocycles. The van der Waals surface area contributed by atoms with Crippen molar-refractivity contribution in [1.82, 2.24) is 0 Å². The van der Waals surface area contributed by atoms with Crippen LogP contribution in [0.1, 0.15) is 18.1 Å². The molecule has 14 heavy (non-hydrogen) atoms. The molecule has 0 saturated heterocycles. The van der Waals surface area contributed by atoms with Crippen LogP contribution >= 0.6 is 0 Å². The van der Waals surface area contributed by atoms with Crippen molar-refractivity contribution in [3.8, 4) is 0 Å². The van der Waals surface area contributed by atoms with Crippen LogP contribution in [0.25, 0.3) is 0 Å². The Bertz CT molecular complexity index is 355. The van der Waals surface area contributed by atoms with Crippen LogP contribution < -0.4 is 0 Å². The van der Waals surface area contributed by atoms with E-state index in [2.05, 4.69) is 42.8 Å². The number of benzene rings is 1. The molecule has 1 nitrogen and oxygen atoms in total. The maximum Gasteiger partial charge on any atom is 0.0698 e. The molecule has 1 aromatic rings. The molecule has 0 bridgehead atoms. The van der Waals surface area contributed by atoms with Crippen molar-refractivity contribution in [3.63, 3.8) is 0 Å². The number of aryl methyl sites for hydroxylation is 1. The normalized spacial score (nSPS) is 12.0. The van der Waals surface area contributed by atoms with E-state index in [1.165, 1.54) is 5.56 Å². The molecule has 0 radical (unpaired) electrons. The summed E-state index contributed by atoms with van der Waals surface area (Å²) in [7, 11) is 0. The maximum atomic E-state index is 4.21. The molecule has 0 amide bonds. The fourth-order valence-electron chi connectivity index (χ4n) is 1.19. The van der Waals surface area contributed by atoms with Crippen LogP contribution in [-0.4, -0.2) is 5.71 Å². The van der Waals surface area contributed by atoms with Gasteiger partial charge in [-0.05, 0) is 19.9 Å². The Morgan fingerprint density at radius 2 is 1.93 bits per heavy atom. The second-order valence-corrected chi connectivity index (χ2v) is 3.06. The molecule has 0 spiro atoms. The number of rotatable bonds is 3. The molecular formula is C13H15N. The number of allylic oxidation sites excluding steroid dienone is 2. The van der Waals surface area contributed by atoms with E-state index < -0.39 is 0 Å². The minimum atomic E-state index is 0.947. The van der Waals surface area contributed by atoms with Gasteiger partial charge < -0.3 is 0 Å². The summed E-state index contributed by atoms with van der Waals surface area (Å²) in [5, 5.41) is 0. The zero-order valence-electron chi connectivity index (χ0n) is 8.70. The molecule has 72 valence electrons. The lowest BCUT2D eigenvalue weighted by atomic mass is 10.1. The van der Waals surface area contributed by atoms with E-state index in [1.807, 2.05) is 19.1 Å². The predicted molar refractivity (Wildman–Crippen MR) is 62.7 cm³/mol. The third-order valence-electron chi connectivity index (χ3n) is 1.90. The van der Waals surface area contributed by atoms with Crippen molar-refractivity contribution in [2.45, 2.75) is 13.8 Å². The Balaban J connectivity index is 3.05. The van der Waals surface area contributed by atoms with E-state index in [4.69, 9.17) is 0 Å². The lowest BCUT2D eigenvalue weighted by molar-refractivity contribution is 1.45. The molecule has 0 N–H and O–H groups in total. The van der Waals surface area contributed by atoms with E-state index in [0.717, 1.165) is 11.3 Å². The number of hydrogen-bond acceptors (Lipinski definition) is 1. The average molecular weight is 185 g/mol. The molecule has 1 aromatic carbocycles. The fraction of sp³-hybridized carbons (Fsp3) is 0.154. The first-order valence-electron chi connectivity index (χ1n) is 4.66. The molecule has 1 rings (SSSR count). The summed E-state index contributed by atoms with van der Waals surface area (Å²) >= 11 is 0. The van der Waals surface area contributed by atoms with Gasteiger partial charge in [-0.2, -0.15) is 0 Å². The van der Waals surface area contributed by atoms with Crippen molar-refractivity contribution in [3.05, 3.63) is 60.3 Å². The third kappa shape index (κ3) is 2.70. The lowest BCUT2D eigenvalue weighted by Gasteiger charge is -2.00. The summed E-state index contributed by atoms with van der Waals surface area (Å²) < 4.78 is 0. The van der Waals surface area contributed by atoms with E-state index >= 15 is 0 Å². The summed E-state index contributed by atoms with van der Waals surface area (Å²) in [6.45, 7) is 7.66. The van der Waals surface area contributed by atoms with E-state index in [-0.39, 0.29) is 0 Å². The van der Waals surface area contributed by atoms with Gasteiger partial charge in [-0.25, -0.2) is 0 Å². The molecule has 0 fully saturated rings. The quantitative estimate of drug-likeness (QED) is 0.639. The topological polar surface area (TPSA) is 12.4 Å². The van der Waals surface area contributed by atoms with Gasteiger partial charge in [0, 0.05) is 11.8 Å². The van der Waals surface area contributed by atoms with Crippen molar-refractivity contribution in [2.24, 2.45) is 4.99 Å². The van der Waals surface area contributed by atoms with Gasteiger partial charge in [0.2, 0.25) is 0 Å². The zero-order chi connectivity index (χ0) is 10.4. The van der Waals surface area contributed by atoms with Gasteiger partial charge >= 0.3 is 0 Å². The summed E-state index contributed by atoms with van der Waals surface area (Å²) in [6.07, 6.45) is 5.52.